The molecule has 3 amide bonds. The van der Waals surface area contributed by atoms with Crippen molar-refractivity contribution in [2.45, 2.75) is 56.1 Å². The second-order valence-electron chi connectivity index (χ2n) is 14.7. The van der Waals surface area contributed by atoms with E-state index in [4.69, 9.17) is 16.1 Å². The van der Waals surface area contributed by atoms with Crippen molar-refractivity contribution in [2.24, 2.45) is 0 Å². The molecular formula is C42H42F2N8O5. The summed E-state index contributed by atoms with van der Waals surface area (Å²) in [5.41, 5.74) is -0.348. The highest BCUT2D eigenvalue weighted by molar-refractivity contribution is 6.03. The van der Waals surface area contributed by atoms with Gasteiger partial charge < -0.3 is 30.3 Å². The van der Waals surface area contributed by atoms with Crippen molar-refractivity contribution in [3.63, 3.8) is 0 Å². The molecule has 3 N–H and O–H groups in total. The lowest BCUT2D eigenvalue weighted by molar-refractivity contribution is -0.135. The number of hydrogen-bond donors (Lipinski definition) is 3. The van der Waals surface area contributed by atoms with Gasteiger partial charge in [-0.2, -0.15) is 9.97 Å². The molecule has 4 aliphatic heterocycles. The third-order valence-electron chi connectivity index (χ3n) is 11.5. The van der Waals surface area contributed by atoms with Crippen molar-refractivity contribution in [3.05, 3.63) is 60.3 Å². The quantitative estimate of drug-likeness (QED) is 0.161. The minimum atomic E-state index is -0.816. The van der Waals surface area contributed by atoms with Gasteiger partial charge in [0, 0.05) is 42.3 Å². The van der Waals surface area contributed by atoms with Gasteiger partial charge in [0.05, 0.1) is 29.6 Å². The number of hydrogen-bond acceptors (Lipinski definition) is 10. The second-order valence-corrected chi connectivity index (χ2v) is 14.7. The van der Waals surface area contributed by atoms with Crippen molar-refractivity contribution in [3.8, 4) is 48.2 Å². The fourth-order valence-corrected chi connectivity index (χ4v) is 8.98. The highest BCUT2D eigenvalue weighted by atomic mass is 19.1. The van der Waals surface area contributed by atoms with Crippen LogP contribution in [-0.4, -0.2) is 111 Å². The van der Waals surface area contributed by atoms with Gasteiger partial charge in [0.1, 0.15) is 35.2 Å². The minimum absolute atomic E-state index is 0.0000825. The van der Waals surface area contributed by atoms with E-state index in [-0.39, 0.29) is 76.1 Å². The molecule has 0 radical (unpaired) electrons. The van der Waals surface area contributed by atoms with Gasteiger partial charge in [-0.15, -0.1) is 19.3 Å². The summed E-state index contributed by atoms with van der Waals surface area (Å²) in [6, 6.07) is 4.97. The molecule has 8 rings (SSSR count). The summed E-state index contributed by atoms with van der Waals surface area (Å²) in [4.78, 5) is 57.3. The number of phenolic OH excluding ortho intramolecular Hbond substituents is 1. The summed E-state index contributed by atoms with van der Waals surface area (Å²) < 4.78 is 38.4. The van der Waals surface area contributed by atoms with Crippen LogP contribution in [0.15, 0.2) is 43.1 Å². The lowest BCUT2D eigenvalue weighted by Crippen LogP contribution is -2.58. The molecule has 0 spiro atoms. The van der Waals surface area contributed by atoms with E-state index >= 15 is 4.39 Å². The first-order chi connectivity index (χ1) is 27.6. The fourth-order valence-electron chi connectivity index (χ4n) is 8.98. The van der Waals surface area contributed by atoms with Gasteiger partial charge in [-0.05, 0) is 81.3 Å². The molecular weight excluding hydrogens is 735 g/mol. The maximum Gasteiger partial charge on any atom is 0.319 e. The number of amides is 3. The van der Waals surface area contributed by atoms with Crippen LogP contribution in [0, 0.1) is 36.8 Å². The predicted molar refractivity (Wildman–Crippen MR) is 210 cm³/mol. The smallest absolute Gasteiger partial charge is 0.319 e. The number of rotatable bonds is 10. The van der Waals surface area contributed by atoms with Gasteiger partial charge in [0.15, 0.2) is 5.82 Å². The van der Waals surface area contributed by atoms with Crippen LogP contribution in [-0.2, 0) is 14.4 Å². The zero-order valence-corrected chi connectivity index (χ0v) is 31.3. The number of phenols is 1. The van der Waals surface area contributed by atoms with Gasteiger partial charge in [-0.25, -0.2) is 8.78 Å². The molecule has 2 aromatic carbocycles. The van der Waals surface area contributed by atoms with Gasteiger partial charge in [-0.3, -0.25) is 24.3 Å². The number of ether oxygens (including phenoxy) is 1. The molecule has 2 atom stereocenters. The van der Waals surface area contributed by atoms with Crippen LogP contribution in [0.5, 0.6) is 11.8 Å². The van der Waals surface area contributed by atoms with Crippen LogP contribution in [0.4, 0.5) is 14.6 Å². The maximum absolute atomic E-state index is 17.1. The molecule has 4 saturated heterocycles. The zero-order chi connectivity index (χ0) is 40.4. The van der Waals surface area contributed by atoms with Crippen LogP contribution in [0.1, 0.15) is 44.1 Å². The van der Waals surface area contributed by atoms with Crippen LogP contribution < -0.4 is 20.3 Å². The van der Waals surface area contributed by atoms with E-state index in [1.165, 1.54) is 30.5 Å². The number of pyridine rings is 1. The summed E-state index contributed by atoms with van der Waals surface area (Å²) in [5.74, 6) is -0.130. The van der Waals surface area contributed by atoms with E-state index in [1.54, 1.807) is 4.90 Å². The predicted octanol–water partition coefficient (Wildman–Crippen LogP) is 3.66. The number of carbonyl (C=O) groups excluding carboxylic acids is 3. The number of aromatic hydroxyl groups is 1. The van der Waals surface area contributed by atoms with Crippen molar-refractivity contribution in [1.82, 2.24) is 35.4 Å². The number of nitrogens with one attached hydrogen (secondary N) is 2. The SMILES string of the molecule is C#C.C#Cc1c(F)ccc2cc(O)cc(-c3ncc4c(N5CC6CCC(C5)N6C(=O)CNC(=O)CNC(=O)C=C)nc(OCC56CCCN5CCC6)nc4c3F)c12. The Kier molecular flexibility index (Phi) is 11.0. The minimum Gasteiger partial charge on any atom is -0.508 e. The Balaban J connectivity index is 0.00000244. The standard InChI is InChI=1S/C40H40F2N8O5.C2H2/c1-3-27-30(41)10-7-23-15-26(51)16-28(34(23)27)36-35(42)37-29(17-45-36)38(47-39(46-37)55-22-40-11-5-13-49(40)14-6-12-40)48-20-24-8-9-25(21-48)50(24)33(54)19-44-32(53)18-43-31(52)4-2;1-2/h1,4,7,10,15-17,24-25,51H,2,5-6,8-9,11-14,18-22H2,(H,43,52)(H,44,53);1-2H. The Labute approximate surface area is 328 Å². The highest BCUT2D eigenvalue weighted by Crippen LogP contribution is 2.42. The number of fused-ring (bicyclic) bond motifs is 5. The van der Waals surface area contributed by atoms with Crippen LogP contribution in [0.3, 0.4) is 0 Å². The van der Waals surface area contributed by atoms with Gasteiger partial charge in [0.2, 0.25) is 17.7 Å². The van der Waals surface area contributed by atoms with Crippen molar-refractivity contribution in [2.75, 3.05) is 50.8 Å². The molecule has 15 heteroatoms. The third-order valence-corrected chi connectivity index (χ3v) is 11.5. The van der Waals surface area contributed by atoms with Crippen molar-refractivity contribution >= 4 is 45.2 Å². The number of halogens is 2. The number of aromatic nitrogens is 3. The summed E-state index contributed by atoms with van der Waals surface area (Å²) in [7, 11) is 0. The van der Waals surface area contributed by atoms with E-state index in [1.807, 2.05) is 4.90 Å². The van der Waals surface area contributed by atoms with Crippen LogP contribution >= 0.6 is 0 Å². The Hall–Kier alpha value is -6.32. The van der Waals surface area contributed by atoms with Crippen molar-refractivity contribution in [1.29, 1.82) is 0 Å². The molecule has 0 aliphatic carbocycles. The number of piperazine rings is 1. The molecule has 57 heavy (non-hydrogen) atoms. The molecule has 6 heterocycles. The molecule has 4 aliphatic rings. The normalized spacial score (nSPS) is 19.4. The summed E-state index contributed by atoms with van der Waals surface area (Å²) >= 11 is 0. The van der Waals surface area contributed by atoms with E-state index in [9.17, 15) is 23.9 Å². The molecule has 2 aromatic heterocycles. The van der Waals surface area contributed by atoms with Gasteiger partial charge in [-0.1, -0.05) is 18.6 Å². The molecule has 4 aromatic rings. The van der Waals surface area contributed by atoms with E-state index in [0.717, 1.165) is 57.7 Å². The average Bonchev–Trinajstić information content (AvgIpc) is 3.89. The zero-order valence-electron chi connectivity index (χ0n) is 31.3. The number of anilines is 1. The highest BCUT2D eigenvalue weighted by Gasteiger charge is 2.46. The second kappa shape index (κ2) is 16.0. The monoisotopic (exact) mass is 776 g/mol. The third kappa shape index (κ3) is 7.27. The van der Waals surface area contributed by atoms with Gasteiger partial charge >= 0.3 is 6.01 Å². The number of benzene rings is 2. The number of terminal acetylenes is 2. The Bertz CT molecular complexity index is 2320. The van der Waals surface area contributed by atoms with E-state index in [2.05, 4.69) is 50.8 Å². The fraction of sp³-hybridized carbons (Fsp3) is 0.381. The first-order valence-electron chi connectivity index (χ1n) is 18.8. The van der Waals surface area contributed by atoms with Crippen LogP contribution in [0.25, 0.3) is 32.9 Å². The van der Waals surface area contributed by atoms with Crippen molar-refractivity contribution < 1.29 is 33.0 Å². The largest absolute Gasteiger partial charge is 0.508 e. The van der Waals surface area contributed by atoms with Gasteiger partial charge in [0.25, 0.3) is 0 Å². The summed E-state index contributed by atoms with van der Waals surface area (Å²) in [6.45, 7) is 5.93. The molecule has 4 fully saturated rings. The molecule has 0 saturated carbocycles. The molecule has 294 valence electrons. The maximum atomic E-state index is 17.1. The first kappa shape index (κ1) is 38.9. The topological polar surface area (TPSA) is 153 Å². The Morgan fingerprint density at radius 1 is 1.05 bits per heavy atom. The number of nitrogens with zero attached hydrogens (tertiary/aromatic N) is 6. The molecule has 2 bridgehead atoms. The lowest BCUT2D eigenvalue weighted by atomic mass is 9.95. The van der Waals surface area contributed by atoms with E-state index in [0.29, 0.717) is 36.3 Å². The first-order valence-corrected chi connectivity index (χ1v) is 18.8. The van der Waals surface area contributed by atoms with Crippen LogP contribution in [0.2, 0.25) is 0 Å². The average molecular weight is 777 g/mol. The lowest BCUT2D eigenvalue weighted by Gasteiger charge is -2.42. The Morgan fingerprint density at radius 3 is 2.46 bits per heavy atom. The van der Waals surface area contributed by atoms with E-state index < -0.39 is 23.4 Å². The molecule has 2 unspecified atom stereocenters. The number of carbonyl (C=O) groups is 3. The molecule has 13 nitrogen and oxygen atoms in total. The summed E-state index contributed by atoms with van der Waals surface area (Å²) in [5, 5.41) is 16.5. The summed E-state index contributed by atoms with van der Waals surface area (Å²) in [6.07, 6.45) is 21.8. The Morgan fingerprint density at radius 2 is 1.77 bits per heavy atom.